The zero-order valence-electron chi connectivity index (χ0n) is 10.3. The highest BCUT2D eigenvalue weighted by atomic mass is 19.1. The Morgan fingerprint density at radius 2 is 1.74 bits per heavy atom. The van der Waals surface area contributed by atoms with Gasteiger partial charge in [-0.2, -0.15) is 0 Å². The van der Waals surface area contributed by atoms with Crippen LogP contribution in [0.3, 0.4) is 0 Å². The monoisotopic (exact) mass is 260 g/mol. The van der Waals surface area contributed by atoms with Crippen molar-refractivity contribution < 1.29 is 13.9 Å². The van der Waals surface area contributed by atoms with E-state index in [4.69, 9.17) is 0 Å². The lowest BCUT2D eigenvalue weighted by Crippen LogP contribution is -2.29. The van der Waals surface area contributed by atoms with E-state index in [9.17, 15) is 9.18 Å². The summed E-state index contributed by atoms with van der Waals surface area (Å²) < 4.78 is 17.6. The van der Waals surface area contributed by atoms with E-state index in [1.54, 1.807) is 36.7 Å². The van der Waals surface area contributed by atoms with Gasteiger partial charge in [0.15, 0.2) is 0 Å². The molecule has 0 aliphatic heterocycles. The summed E-state index contributed by atoms with van der Waals surface area (Å²) in [5.74, 6) is -0.324. The van der Waals surface area contributed by atoms with E-state index in [2.05, 4.69) is 15.0 Å². The average molecular weight is 260 g/mol. The molecule has 2 aromatic rings. The van der Waals surface area contributed by atoms with Crippen molar-refractivity contribution in [2.24, 2.45) is 0 Å². The number of hydrogen-bond acceptors (Lipinski definition) is 3. The quantitative estimate of drug-likeness (QED) is 0.923. The number of halogens is 1. The topological polar surface area (TPSA) is 51.2 Å². The largest absolute Gasteiger partial charge is 0.453 e. The molecule has 4 nitrogen and oxygen atoms in total. The number of nitrogens with zero attached hydrogens (tertiary/aromatic N) is 1. The van der Waals surface area contributed by atoms with Gasteiger partial charge in [-0.3, -0.25) is 4.98 Å². The third-order valence-corrected chi connectivity index (χ3v) is 2.69. The van der Waals surface area contributed by atoms with E-state index >= 15 is 0 Å². The van der Waals surface area contributed by atoms with Crippen LogP contribution in [0.5, 0.6) is 0 Å². The molecule has 0 saturated carbocycles. The number of ether oxygens (including phenoxy) is 1. The van der Waals surface area contributed by atoms with E-state index < -0.39 is 12.1 Å². The predicted molar refractivity (Wildman–Crippen MR) is 68.0 cm³/mol. The van der Waals surface area contributed by atoms with Crippen LogP contribution in [0.15, 0.2) is 48.8 Å². The Bertz CT molecular complexity index is 543. The number of pyridine rings is 1. The average Bonchev–Trinajstić information content (AvgIpc) is 2.46. The maximum atomic E-state index is 13.0. The highest BCUT2D eigenvalue weighted by molar-refractivity contribution is 5.68. The number of alkyl carbamates (subject to hydrolysis) is 1. The molecule has 1 aromatic heterocycles. The standard InChI is InChI=1S/C14H13FN2O2/c1-19-14(18)17-13(11-6-8-16-9-7-11)10-2-4-12(15)5-3-10/h2-9,13H,1H3,(H,17,18). The van der Waals surface area contributed by atoms with Crippen molar-refractivity contribution in [2.45, 2.75) is 6.04 Å². The normalized spacial score (nSPS) is 11.7. The van der Waals surface area contributed by atoms with E-state index in [0.717, 1.165) is 11.1 Å². The van der Waals surface area contributed by atoms with Gasteiger partial charge in [0.05, 0.1) is 13.2 Å². The number of amides is 1. The van der Waals surface area contributed by atoms with Gasteiger partial charge in [0.2, 0.25) is 0 Å². The molecule has 2 rings (SSSR count). The van der Waals surface area contributed by atoms with Gasteiger partial charge in [0.1, 0.15) is 5.82 Å². The molecule has 0 saturated heterocycles. The first-order valence-electron chi connectivity index (χ1n) is 5.70. The highest BCUT2D eigenvalue weighted by Crippen LogP contribution is 2.21. The molecule has 0 bridgehead atoms. The van der Waals surface area contributed by atoms with Crippen LogP contribution < -0.4 is 5.32 Å². The number of hydrogen-bond donors (Lipinski definition) is 1. The molecule has 1 unspecified atom stereocenters. The maximum absolute atomic E-state index is 13.0. The summed E-state index contributed by atoms with van der Waals surface area (Å²) in [6, 6.07) is 9.10. The zero-order chi connectivity index (χ0) is 13.7. The number of rotatable bonds is 3. The van der Waals surface area contributed by atoms with Crippen molar-refractivity contribution in [3.63, 3.8) is 0 Å². The number of carbonyl (C=O) groups excluding carboxylic acids is 1. The lowest BCUT2D eigenvalue weighted by Gasteiger charge is -2.18. The summed E-state index contributed by atoms with van der Waals surface area (Å²) in [5.41, 5.74) is 1.60. The van der Waals surface area contributed by atoms with Gasteiger partial charge in [-0.15, -0.1) is 0 Å². The lowest BCUT2D eigenvalue weighted by molar-refractivity contribution is 0.168. The van der Waals surface area contributed by atoms with Gasteiger partial charge < -0.3 is 10.1 Å². The Hall–Kier alpha value is -2.43. The van der Waals surface area contributed by atoms with Crippen LogP contribution in [0.2, 0.25) is 0 Å². The highest BCUT2D eigenvalue weighted by Gasteiger charge is 2.16. The number of benzene rings is 1. The molecule has 1 N–H and O–H groups in total. The molecule has 0 aliphatic carbocycles. The fraction of sp³-hybridized carbons (Fsp3) is 0.143. The molecule has 0 radical (unpaired) electrons. The first-order chi connectivity index (χ1) is 9.20. The van der Waals surface area contributed by atoms with Crippen molar-refractivity contribution in [1.82, 2.24) is 10.3 Å². The molecular weight excluding hydrogens is 247 g/mol. The SMILES string of the molecule is COC(=O)NC(c1ccncc1)c1ccc(F)cc1. The Balaban J connectivity index is 2.34. The molecule has 1 aromatic carbocycles. The minimum Gasteiger partial charge on any atom is -0.453 e. The second-order valence-electron chi connectivity index (χ2n) is 3.90. The first kappa shape index (κ1) is 13.0. The van der Waals surface area contributed by atoms with Crippen molar-refractivity contribution in [2.75, 3.05) is 7.11 Å². The molecular formula is C14H13FN2O2. The van der Waals surface area contributed by atoms with E-state index in [1.165, 1.54) is 19.2 Å². The molecule has 19 heavy (non-hydrogen) atoms. The Labute approximate surface area is 110 Å². The van der Waals surface area contributed by atoms with Gasteiger partial charge >= 0.3 is 6.09 Å². The summed E-state index contributed by atoms with van der Waals surface area (Å²) in [6.45, 7) is 0. The van der Waals surface area contributed by atoms with Crippen LogP contribution in [0.1, 0.15) is 17.2 Å². The van der Waals surface area contributed by atoms with Crippen LogP contribution in [-0.2, 0) is 4.74 Å². The summed E-state index contributed by atoms with van der Waals surface area (Å²) in [4.78, 5) is 15.3. The molecule has 0 aliphatic rings. The van der Waals surface area contributed by atoms with Crippen LogP contribution in [-0.4, -0.2) is 18.2 Å². The smallest absolute Gasteiger partial charge is 0.407 e. The zero-order valence-corrected chi connectivity index (χ0v) is 10.3. The van der Waals surface area contributed by atoms with Crippen LogP contribution in [0, 0.1) is 5.82 Å². The number of nitrogens with one attached hydrogen (secondary N) is 1. The van der Waals surface area contributed by atoms with Gasteiger partial charge in [0.25, 0.3) is 0 Å². The minimum absolute atomic E-state index is 0.324. The first-order valence-corrected chi connectivity index (χ1v) is 5.70. The number of aromatic nitrogens is 1. The second-order valence-corrected chi connectivity index (χ2v) is 3.90. The van der Waals surface area contributed by atoms with Crippen LogP contribution in [0.4, 0.5) is 9.18 Å². The fourth-order valence-corrected chi connectivity index (χ4v) is 1.75. The summed E-state index contributed by atoms with van der Waals surface area (Å²) in [7, 11) is 1.30. The number of carbonyl (C=O) groups is 1. The molecule has 1 amide bonds. The minimum atomic E-state index is -0.550. The van der Waals surface area contributed by atoms with Crippen LogP contribution >= 0.6 is 0 Å². The lowest BCUT2D eigenvalue weighted by atomic mass is 10.00. The van der Waals surface area contributed by atoms with Crippen molar-refractivity contribution in [1.29, 1.82) is 0 Å². The predicted octanol–water partition coefficient (Wildman–Crippen LogP) is 2.67. The summed E-state index contributed by atoms with van der Waals surface area (Å²) in [5, 5.41) is 2.71. The molecule has 5 heteroatoms. The van der Waals surface area contributed by atoms with Crippen molar-refractivity contribution in [3.05, 3.63) is 65.7 Å². The van der Waals surface area contributed by atoms with E-state index in [1.807, 2.05) is 0 Å². The molecule has 98 valence electrons. The fourth-order valence-electron chi connectivity index (χ4n) is 1.75. The second kappa shape index (κ2) is 5.95. The Morgan fingerprint density at radius 3 is 2.32 bits per heavy atom. The third kappa shape index (κ3) is 3.28. The van der Waals surface area contributed by atoms with Crippen molar-refractivity contribution in [3.8, 4) is 0 Å². The molecule has 1 atom stereocenters. The van der Waals surface area contributed by atoms with E-state index in [0.29, 0.717) is 0 Å². The van der Waals surface area contributed by atoms with Crippen LogP contribution in [0.25, 0.3) is 0 Å². The van der Waals surface area contributed by atoms with Gasteiger partial charge in [-0.05, 0) is 35.4 Å². The number of methoxy groups -OCH3 is 1. The molecule has 0 spiro atoms. The van der Waals surface area contributed by atoms with Gasteiger partial charge in [-0.1, -0.05) is 12.1 Å². The van der Waals surface area contributed by atoms with E-state index in [-0.39, 0.29) is 5.82 Å². The summed E-state index contributed by atoms with van der Waals surface area (Å²) >= 11 is 0. The molecule has 1 heterocycles. The molecule has 0 fully saturated rings. The Kier molecular flexibility index (Phi) is 4.07. The summed E-state index contributed by atoms with van der Waals surface area (Å²) in [6.07, 6.45) is 2.71. The third-order valence-electron chi connectivity index (χ3n) is 2.69. The maximum Gasteiger partial charge on any atom is 0.407 e. The van der Waals surface area contributed by atoms with Gasteiger partial charge in [-0.25, -0.2) is 9.18 Å². The van der Waals surface area contributed by atoms with Gasteiger partial charge in [0, 0.05) is 12.4 Å². The van der Waals surface area contributed by atoms with Crippen molar-refractivity contribution >= 4 is 6.09 Å². The Morgan fingerprint density at radius 1 is 1.16 bits per heavy atom.